The molecule has 86 valence electrons. The molecular weight excluding hydrogens is 218 g/mol. The zero-order chi connectivity index (χ0) is 11.5. The number of methoxy groups -OCH3 is 1. The minimum atomic E-state index is 0.636. The summed E-state index contributed by atoms with van der Waals surface area (Å²) in [5.74, 6) is 0.917. The van der Waals surface area contributed by atoms with Crippen LogP contribution in [0.5, 0.6) is 5.75 Å². The van der Waals surface area contributed by atoms with Crippen LogP contribution in [0.25, 0.3) is 10.1 Å². The Bertz CT molecular complexity index is 490. The SMILES string of the molecule is CCCc1c(CN)sc2cc(OC)ccc12. The highest BCUT2D eigenvalue weighted by atomic mass is 32.1. The number of rotatable bonds is 4. The van der Waals surface area contributed by atoms with Gasteiger partial charge < -0.3 is 10.5 Å². The second-order valence-corrected chi connectivity index (χ2v) is 4.96. The predicted octanol–water partition coefficient (Wildman–Crippen LogP) is 3.32. The normalized spacial score (nSPS) is 10.9. The Morgan fingerprint density at radius 3 is 2.81 bits per heavy atom. The smallest absolute Gasteiger partial charge is 0.120 e. The first-order valence-electron chi connectivity index (χ1n) is 5.58. The Labute approximate surface area is 100 Å². The van der Waals surface area contributed by atoms with E-state index in [0.717, 1.165) is 18.6 Å². The molecule has 2 nitrogen and oxygen atoms in total. The summed E-state index contributed by atoms with van der Waals surface area (Å²) in [4.78, 5) is 1.31. The van der Waals surface area contributed by atoms with E-state index < -0.39 is 0 Å². The maximum absolute atomic E-state index is 5.79. The molecule has 2 aromatic rings. The van der Waals surface area contributed by atoms with E-state index in [1.165, 1.54) is 20.5 Å². The first-order valence-corrected chi connectivity index (χ1v) is 6.40. The minimum absolute atomic E-state index is 0.636. The standard InChI is InChI=1S/C13H17NOS/c1-3-4-10-11-6-5-9(15-2)7-12(11)16-13(10)8-14/h5-7H,3-4,8,14H2,1-2H3. The van der Waals surface area contributed by atoms with Crippen LogP contribution in [-0.4, -0.2) is 7.11 Å². The van der Waals surface area contributed by atoms with Gasteiger partial charge in [-0.05, 0) is 35.6 Å². The molecular formula is C13H17NOS. The minimum Gasteiger partial charge on any atom is -0.497 e. The molecule has 1 heterocycles. The van der Waals surface area contributed by atoms with Crippen LogP contribution in [0, 0.1) is 0 Å². The monoisotopic (exact) mass is 235 g/mol. The van der Waals surface area contributed by atoms with Crippen molar-refractivity contribution in [3.05, 3.63) is 28.6 Å². The van der Waals surface area contributed by atoms with Gasteiger partial charge in [0.25, 0.3) is 0 Å². The summed E-state index contributed by atoms with van der Waals surface area (Å²) in [7, 11) is 1.70. The van der Waals surface area contributed by atoms with Crippen LogP contribution in [0.2, 0.25) is 0 Å². The van der Waals surface area contributed by atoms with E-state index in [9.17, 15) is 0 Å². The van der Waals surface area contributed by atoms with Gasteiger partial charge in [0, 0.05) is 16.1 Å². The third kappa shape index (κ3) is 1.93. The second-order valence-electron chi connectivity index (χ2n) is 3.82. The van der Waals surface area contributed by atoms with Crippen molar-refractivity contribution >= 4 is 21.4 Å². The van der Waals surface area contributed by atoms with Gasteiger partial charge in [-0.25, -0.2) is 0 Å². The van der Waals surface area contributed by atoms with E-state index in [1.54, 1.807) is 18.4 Å². The molecule has 0 unspecified atom stereocenters. The van der Waals surface area contributed by atoms with Crippen LogP contribution in [0.1, 0.15) is 23.8 Å². The Balaban J connectivity index is 2.58. The molecule has 0 aliphatic rings. The molecule has 0 spiro atoms. The molecule has 0 aliphatic heterocycles. The average molecular weight is 235 g/mol. The van der Waals surface area contributed by atoms with Gasteiger partial charge in [0.2, 0.25) is 0 Å². The van der Waals surface area contributed by atoms with E-state index in [2.05, 4.69) is 19.1 Å². The number of nitrogens with two attached hydrogens (primary N) is 1. The lowest BCUT2D eigenvalue weighted by molar-refractivity contribution is 0.415. The first kappa shape index (κ1) is 11.4. The molecule has 1 aromatic carbocycles. The summed E-state index contributed by atoms with van der Waals surface area (Å²) >= 11 is 1.79. The van der Waals surface area contributed by atoms with Gasteiger partial charge in [-0.1, -0.05) is 13.3 Å². The molecule has 0 amide bonds. The molecule has 0 bridgehead atoms. The summed E-state index contributed by atoms with van der Waals surface area (Å²) in [5.41, 5.74) is 7.22. The van der Waals surface area contributed by atoms with E-state index in [1.807, 2.05) is 6.07 Å². The lowest BCUT2D eigenvalue weighted by Crippen LogP contribution is -1.97. The fourth-order valence-electron chi connectivity index (χ4n) is 2.00. The van der Waals surface area contributed by atoms with Gasteiger partial charge in [0.15, 0.2) is 0 Å². The van der Waals surface area contributed by atoms with Crippen molar-refractivity contribution in [2.75, 3.05) is 7.11 Å². The highest BCUT2D eigenvalue weighted by Crippen LogP contribution is 2.34. The number of benzene rings is 1. The quantitative estimate of drug-likeness (QED) is 0.882. The lowest BCUT2D eigenvalue weighted by atomic mass is 10.1. The molecule has 0 atom stereocenters. The number of aryl methyl sites for hydroxylation is 1. The van der Waals surface area contributed by atoms with E-state index in [4.69, 9.17) is 10.5 Å². The topological polar surface area (TPSA) is 35.2 Å². The van der Waals surface area contributed by atoms with E-state index in [-0.39, 0.29) is 0 Å². The summed E-state index contributed by atoms with van der Waals surface area (Å²) in [5, 5.41) is 1.34. The van der Waals surface area contributed by atoms with Crippen molar-refractivity contribution < 1.29 is 4.74 Å². The molecule has 2 N–H and O–H groups in total. The molecule has 0 aliphatic carbocycles. The van der Waals surface area contributed by atoms with Gasteiger partial charge >= 0.3 is 0 Å². The predicted molar refractivity (Wildman–Crippen MR) is 70.3 cm³/mol. The van der Waals surface area contributed by atoms with Crippen molar-refractivity contribution in [1.82, 2.24) is 0 Å². The van der Waals surface area contributed by atoms with Gasteiger partial charge in [-0.3, -0.25) is 0 Å². The largest absolute Gasteiger partial charge is 0.497 e. The van der Waals surface area contributed by atoms with Crippen LogP contribution in [0.4, 0.5) is 0 Å². The van der Waals surface area contributed by atoms with Crippen molar-refractivity contribution in [2.24, 2.45) is 5.73 Å². The van der Waals surface area contributed by atoms with Gasteiger partial charge in [0.05, 0.1) is 7.11 Å². The maximum atomic E-state index is 5.79. The lowest BCUT2D eigenvalue weighted by Gasteiger charge is -2.01. The number of hydrogen-bond donors (Lipinski definition) is 1. The fourth-order valence-corrected chi connectivity index (χ4v) is 3.16. The fraction of sp³-hybridized carbons (Fsp3) is 0.385. The van der Waals surface area contributed by atoms with E-state index in [0.29, 0.717) is 6.54 Å². The zero-order valence-corrected chi connectivity index (χ0v) is 10.6. The highest BCUT2D eigenvalue weighted by Gasteiger charge is 2.10. The number of thiophene rings is 1. The second kappa shape index (κ2) is 4.85. The highest BCUT2D eigenvalue weighted by molar-refractivity contribution is 7.19. The number of fused-ring (bicyclic) bond motifs is 1. The summed E-state index contributed by atoms with van der Waals surface area (Å²) in [6.07, 6.45) is 2.27. The van der Waals surface area contributed by atoms with Crippen molar-refractivity contribution in [3.63, 3.8) is 0 Å². The van der Waals surface area contributed by atoms with Crippen LogP contribution < -0.4 is 10.5 Å². The van der Waals surface area contributed by atoms with Crippen molar-refractivity contribution in [3.8, 4) is 5.75 Å². The molecule has 2 rings (SSSR count). The molecule has 0 saturated carbocycles. The third-order valence-corrected chi connectivity index (χ3v) is 3.99. The molecule has 3 heteroatoms. The van der Waals surface area contributed by atoms with Crippen LogP contribution in [0.15, 0.2) is 18.2 Å². The number of ether oxygens (including phenoxy) is 1. The summed E-state index contributed by atoms with van der Waals surface area (Å²) in [6.45, 7) is 2.84. The van der Waals surface area contributed by atoms with Crippen molar-refractivity contribution in [2.45, 2.75) is 26.3 Å². The average Bonchev–Trinajstić information content (AvgIpc) is 2.67. The Morgan fingerprint density at radius 1 is 1.38 bits per heavy atom. The number of hydrogen-bond acceptors (Lipinski definition) is 3. The Kier molecular flexibility index (Phi) is 3.46. The zero-order valence-electron chi connectivity index (χ0n) is 9.75. The molecule has 16 heavy (non-hydrogen) atoms. The van der Waals surface area contributed by atoms with Crippen LogP contribution in [-0.2, 0) is 13.0 Å². The van der Waals surface area contributed by atoms with Gasteiger partial charge in [0.1, 0.15) is 5.75 Å². The molecule has 0 saturated heterocycles. The molecule has 0 radical (unpaired) electrons. The van der Waals surface area contributed by atoms with Gasteiger partial charge in [-0.2, -0.15) is 0 Å². The molecule has 0 fully saturated rings. The Hall–Kier alpha value is -1.06. The van der Waals surface area contributed by atoms with Crippen LogP contribution in [0.3, 0.4) is 0 Å². The van der Waals surface area contributed by atoms with Crippen LogP contribution >= 0.6 is 11.3 Å². The molecule has 1 aromatic heterocycles. The van der Waals surface area contributed by atoms with Gasteiger partial charge in [-0.15, -0.1) is 11.3 Å². The van der Waals surface area contributed by atoms with Crippen molar-refractivity contribution in [1.29, 1.82) is 0 Å². The maximum Gasteiger partial charge on any atom is 0.120 e. The third-order valence-electron chi connectivity index (χ3n) is 2.77. The summed E-state index contributed by atoms with van der Waals surface area (Å²) in [6, 6.07) is 6.27. The Morgan fingerprint density at radius 2 is 2.19 bits per heavy atom. The first-order chi connectivity index (χ1) is 7.80. The van der Waals surface area contributed by atoms with E-state index >= 15 is 0 Å². The summed E-state index contributed by atoms with van der Waals surface area (Å²) < 4.78 is 6.52.